The Labute approximate surface area is 107 Å². The number of hydrogen-bond donors (Lipinski definition) is 1. The summed E-state index contributed by atoms with van der Waals surface area (Å²) in [7, 11) is 1.99. The molecule has 0 amide bonds. The first-order valence-electron chi connectivity index (χ1n) is 7.31. The van der Waals surface area contributed by atoms with Gasteiger partial charge in [-0.25, -0.2) is 0 Å². The molecule has 1 saturated heterocycles. The van der Waals surface area contributed by atoms with E-state index in [4.69, 9.17) is 4.74 Å². The number of unbranched alkanes of at least 4 members (excludes halogenated alkanes) is 1. The lowest BCUT2D eigenvalue weighted by molar-refractivity contribution is 0.0657. The second-order valence-corrected chi connectivity index (χ2v) is 5.17. The first-order chi connectivity index (χ1) is 8.36. The van der Waals surface area contributed by atoms with E-state index in [1.807, 2.05) is 7.05 Å². The summed E-state index contributed by atoms with van der Waals surface area (Å²) >= 11 is 0. The Kier molecular flexibility index (Phi) is 8.67. The normalized spacial score (nSPS) is 18.7. The van der Waals surface area contributed by atoms with Crippen molar-refractivity contribution in [1.29, 1.82) is 0 Å². The fraction of sp³-hybridized carbons (Fsp3) is 1.00. The molecule has 1 N–H and O–H groups in total. The number of hydrogen-bond acceptors (Lipinski definition) is 3. The van der Waals surface area contributed by atoms with Gasteiger partial charge >= 0.3 is 0 Å². The van der Waals surface area contributed by atoms with Gasteiger partial charge in [-0.2, -0.15) is 0 Å². The van der Waals surface area contributed by atoms with Crippen LogP contribution in [0.5, 0.6) is 0 Å². The fourth-order valence-corrected chi connectivity index (χ4v) is 2.36. The molecule has 1 rings (SSSR count). The van der Waals surface area contributed by atoms with Crippen LogP contribution in [0.3, 0.4) is 0 Å². The standard InChI is InChI=1S/C14H30N2O/c1-3-4-9-16-10-6-14(7-11-16)13-17-12-5-8-15-2/h14-15H,3-13H2,1-2H3. The minimum atomic E-state index is 0.808. The molecule has 0 aromatic heterocycles. The molecule has 3 heteroatoms. The Balaban J connectivity index is 1.95. The predicted octanol–water partition coefficient (Wildman–Crippen LogP) is 2.12. The molecule has 0 saturated carbocycles. The van der Waals surface area contributed by atoms with Crippen molar-refractivity contribution in [2.24, 2.45) is 5.92 Å². The fourth-order valence-electron chi connectivity index (χ4n) is 2.36. The van der Waals surface area contributed by atoms with E-state index in [-0.39, 0.29) is 0 Å². The van der Waals surface area contributed by atoms with Crippen LogP contribution in [0.15, 0.2) is 0 Å². The van der Waals surface area contributed by atoms with Crippen molar-refractivity contribution in [2.75, 3.05) is 46.4 Å². The smallest absolute Gasteiger partial charge is 0.0495 e. The van der Waals surface area contributed by atoms with Crippen LogP contribution in [0.1, 0.15) is 39.0 Å². The number of nitrogens with zero attached hydrogens (tertiary/aromatic N) is 1. The number of rotatable bonds is 9. The minimum absolute atomic E-state index is 0.808. The van der Waals surface area contributed by atoms with E-state index in [0.717, 1.165) is 32.1 Å². The number of ether oxygens (including phenoxy) is 1. The highest BCUT2D eigenvalue weighted by molar-refractivity contribution is 4.71. The summed E-state index contributed by atoms with van der Waals surface area (Å²) in [5, 5.41) is 3.14. The largest absolute Gasteiger partial charge is 0.381 e. The average molecular weight is 242 g/mol. The van der Waals surface area contributed by atoms with Gasteiger partial charge in [-0.15, -0.1) is 0 Å². The molecule has 0 spiro atoms. The van der Waals surface area contributed by atoms with E-state index in [9.17, 15) is 0 Å². The Morgan fingerprint density at radius 3 is 2.65 bits per heavy atom. The lowest BCUT2D eigenvalue weighted by atomic mass is 9.97. The van der Waals surface area contributed by atoms with Crippen LogP contribution in [-0.2, 0) is 4.74 Å². The third-order valence-corrected chi connectivity index (χ3v) is 3.60. The van der Waals surface area contributed by atoms with Crippen molar-refractivity contribution in [3.63, 3.8) is 0 Å². The Bertz CT molecular complexity index is 165. The number of piperidine rings is 1. The molecule has 17 heavy (non-hydrogen) atoms. The van der Waals surface area contributed by atoms with Crippen LogP contribution in [0, 0.1) is 5.92 Å². The van der Waals surface area contributed by atoms with Crippen molar-refractivity contribution in [3.8, 4) is 0 Å². The number of likely N-dealkylation sites (tertiary alicyclic amines) is 1. The summed E-state index contributed by atoms with van der Waals surface area (Å²) in [4.78, 5) is 2.61. The molecule has 0 radical (unpaired) electrons. The quantitative estimate of drug-likeness (QED) is 0.627. The number of nitrogens with one attached hydrogen (secondary N) is 1. The molecule has 0 atom stereocenters. The molecule has 0 aliphatic carbocycles. The van der Waals surface area contributed by atoms with Crippen LogP contribution in [0.2, 0.25) is 0 Å². The summed E-state index contributed by atoms with van der Waals surface area (Å²) in [6.07, 6.45) is 6.46. The molecular formula is C14H30N2O. The molecule has 0 bridgehead atoms. The maximum atomic E-state index is 5.73. The van der Waals surface area contributed by atoms with Gasteiger partial charge in [-0.3, -0.25) is 0 Å². The third-order valence-electron chi connectivity index (χ3n) is 3.60. The van der Waals surface area contributed by atoms with Gasteiger partial charge < -0.3 is 15.0 Å². The summed E-state index contributed by atoms with van der Waals surface area (Å²) in [6, 6.07) is 0. The van der Waals surface area contributed by atoms with Crippen LogP contribution in [-0.4, -0.2) is 51.3 Å². The van der Waals surface area contributed by atoms with Gasteiger partial charge in [0, 0.05) is 13.2 Å². The van der Waals surface area contributed by atoms with Gasteiger partial charge in [0.15, 0.2) is 0 Å². The zero-order valence-electron chi connectivity index (χ0n) is 11.7. The molecule has 1 fully saturated rings. The molecule has 3 nitrogen and oxygen atoms in total. The molecule has 0 aromatic carbocycles. The summed E-state index contributed by atoms with van der Waals surface area (Å²) in [5.74, 6) is 0.808. The molecule has 0 aromatic rings. The van der Waals surface area contributed by atoms with Gasteiger partial charge in [0.2, 0.25) is 0 Å². The van der Waals surface area contributed by atoms with Gasteiger partial charge in [0.05, 0.1) is 0 Å². The average Bonchev–Trinajstić information content (AvgIpc) is 2.37. The van der Waals surface area contributed by atoms with Crippen LogP contribution in [0.25, 0.3) is 0 Å². The predicted molar refractivity (Wildman–Crippen MR) is 73.4 cm³/mol. The molecule has 1 aliphatic heterocycles. The molecule has 0 unspecified atom stereocenters. The van der Waals surface area contributed by atoms with Gasteiger partial charge in [-0.1, -0.05) is 13.3 Å². The Hall–Kier alpha value is -0.120. The van der Waals surface area contributed by atoms with E-state index < -0.39 is 0 Å². The topological polar surface area (TPSA) is 24.5 Å². The van der Waals surface area contributed by atoms with Crippen molar-refractivity contribution in [1.82, 2.24) is 10.2 Å². The first-order valence-corrected chi connectivity index (χ1v) is 7.31. The van der Waals surface area contributed by atoms with Crippen molar-refractivity contribution in [2.45, 2.75) is 39.0 Å². The monoisotopic (exact) mass is 242 g/mol. The van der Waals surface area contributed by atoms with E-state index >= 15 is 0 Å². The lowest BCUT2D eigenvalue weighted by Crippen LogP contribution is -2.35. The van der Waals surface area contributed by atoms with E-state index in [0.29, 0.717) is 0 Å². The second kappa shape index (κ2) is 9.86. The van der Waals surface area contributed by atoms with E-state index in [2.05, 4.69) is 17.1 Å². The van der Waals surface area contributed by atoms with Crippen LogP contribution < -0.4 is 5.32 Å². The highest BCUT2D eigenvalue weighted by Gasteiger charge is 2.18. The molecule has 102 valence electrons. The lowest BCUT2D eigenvalue weighted by Gasteiger charge is -2.31. The van der Waals surface area contributed by atoms with Gasteiger partial charge in [0.25, 0.3) is 0 Å². The first kappa shape index (κ1) is 14.9. The highest BCUT2D eigenvalue weighted by atomic mass is 16.5. The Morgan fingerprint density at radius 1 is 1.24 bits per heavy atom. The summed E-state index contributed by atoms with van der Waals surface area (Å²) in [5.41, 5.74) is 0. The van der Waals surface area contributed by atoms with Gasteiger partial charge in [-0.05, 0) is 64.8 Å². The highest BCUT2D eigenvalue weighted by Crippen LogP contribution is 2.17. The zero-order chi connectivity index (χ0) is 12.3. The molecule has 1 heterocycles. The minimum Gasteiger partial charge on any atom is -0.381 e. The van der Waals surface area contributed by atoms with Crippen LogP contribution >= 0.6 is 0 Å². The van der Waals surface area contributed by atoms with E-state index in [1.54, 1.807) is 0 Å². The maximum absolute atomic E-state index is 5.73. The van der Waals surface area contributed by atoms with E-state index in [1.165, 1.54) is 45.3 Å². The summed E-state index contributed by atoms with van der Waals surface area (Å²) < 4.78 is 5.73. The summed E-state index contributed by atoms with van der Waals surface area (Å²) in [6.45, 7) is 9.09. The van der Waals surface area contributed by atoms with Crippen molar-refractivity contribution in [3.05, 3.63) is 0 Å². The maximum Gasteiger partial charge on any atom is 0.0495 e. The molecular weight excluding hydrogens is 212 g/mol. The van der Waals surface area contributed by atoms with Gasteiger partial charge in [0.1, 0.15) is 0 Å². The zero-order valence-corrected chi connectivity index (χ0v) is 11.7. The SMILES string of the molecule is CCCCN1CCC(COCCCNC)CC1. The van der Waals surface area contributed by atoms with Crippen molar-refractivity contribution < 1.29 is 4.74 Å². The molecule has 1 aliphatic rings. The Morgan fingerprint density at radius 2 is 2.00 bits per heavy atom. The van der Waals surface area contributed by atoms with Crippen molar-refractivity contribution >= 4 is 0 Å². The third kappa shape index (κ3) is 7.02. The second-order valence-electron chi connectivity index (χ2n) is 5.17. The van der Waals surface area contributed by atoms with Crippen LogP contribution in [0.4, 0.5) is 0 Å².